The Kier molecular flexibility index (Phi) is 4.23. The number of carboxylic acids is 1. The summed E-state index contributed by atoms with van der Waals surface area (Å²) in [5.74, 6) is -3.93. The molecule has 0 spiro atoms. The van der Waals surface area contributed by atoms with E-state index in [0.29, 0.717) is 6.54 Å². The second kappa shape index (κ2) is 5.75. The minimum atomic E-state index is -1.47. The average Bonchev–Trinajstić information content (AvgIpc) is 2.41. The predicted octanol–water partition coefficient (Wildman–Crippen LogP) is 2.46. The lowest BCUT2D eigenvalue weighted by atomic mass is 9.81. The first-order chi connectivity index (χ1) is 9.43. The third-order valence-corrected chi connectivity index (χ3v) is 3.83. The fourth-order valence-electron chi connectivity index (χ4n) is 2.37. The molecule has 6 heteroatoms. The molecule has 1 aliphatic rings. The number of aromatic carboxylic acids is 1. The molecule has 2 rings (SSSR count). The Morgan fingerprint density at radius 1 is 1.35 bits per heavy atom. The average molecular weight is 284 g/mol. The molecule has 0 aliphatic carbocycles. The SMILES string of the molecule is CC1(CNc2ccc(C(=O)O)c(F)c2F)CCNCC1. The van der Waals surface area contributed by atoms with Crippen molar-refractivity contribution in [3.05, 3.63) is 29.3 Å². The van der Waals surface area contributed by atoms with Crippen LogP contribution in [0.25, 0.3) is 0 Å². The number of carbonyl (C=O) groups is 1. The van der Waals surface area contributed by atoms with Crippen LogP contribution in [0.2, 0.25) is 0 Å². The van der Waals surface area contributed by atoms with Gasteiger partial charge >= 0.3 is 5.97 Å². The Bertz CT molecular complexity index is 514. The maximum absolute atomic E-state index is 13.8. The predicted molar refractivity (Wildman–Crippen MR) is 72.0 cm³/mol. The van der Waals surface area contributed by atoms with Gasteiger partial charge in [0.2, 0.25) is 0 Å². The summed E-state index contributed by atoms with van der Waals surface area (Å²) >= 11 is 0. The van der Waals surface area contributed by atoms with E-state index in [1.54, 1.807) is 0 Å². The van der Waals surface area contributed by atoms with Gasteiger partial charge in [-0.1, -0.05) is 6.92 Å². The van der Waals surface area contributed by atoms with Crippen LogP contribution in [-0.4, -0.2) is 30.7 Å². The summed E-state index contributed by atoms with van der Waals surface area (Å²) < 4.78 is 27.4. The smallest absolute Gasteiger partial charge is 0.338 e. The quantitative estimate of drug-likeness (QED) is 0.795. The van der Waals surface area contributed by atoms with Gasteiger partial charge in [0.25, 0.3) is 0 Å². The molecule has 0 aromatic heterocycles. The summed E-state index contributed by atoms with van der Waals surface area (Å²) in [5.41, 5.74) is -0.618. The van der Waals surface area contributed by atoms with E-state index in [1.165, 1.54) is 6.07 Å². The third-order valence-electron chi connectivity index (χ3n) is 3.83. The summed E-state index contributed by atoms with van der Waals surface area (Å²) in [7, 11) is 0. The van der Waals surface area contributed by atoms with Crippen LogP contribution in [-0.2, 0) is 0 Å². The molecule has 0 atom stereocenters. The highest BCUT2D eigenvalue weighted by molar-refractivity contribution is 5.88. The van der Waals surface area contributed by atoms with Gasteiger partial charge in [-0.05, 0) is 43.5 Å². The zero-order valence-corrected chi connectivity index (χ0v) is 11.3. The Morgan fingerprint density at radius 3 is 2.60 bits per heavy atom. The van der Waals surface area contributed by atoms with E-state index in [1.807, 2.05) is 0 Å². The van der Waals surface area contributed by atoms with E-state index in [4.69, 9.17) is 5.11 Å². The number of rotatable bonds is 4. The summed E-state index contributed by atoms with van der Waals surface area (Å²) in [5, 5.41) is 14.9. The van der Waals surface area contributed by atoms with Gasteiger partial charge in [0.15, 0.2) is 11.6 Å². The van der Waals surface area contributed by atoms with Gasteiger partial charge in [0.1, 0.15) is 0 Å². The lowest BCUT2D eigenvalue weighted by Crippen LogP contribution is -2.39. The normalized spacial score (nSPS) is 17.8. The molecule has 1 aromatic rings. The lowest BCUT2D eigenvalue weighted by Gasteiger charge is -2.34. The molecular formula is C14H18F2N2O2. The van der Waals surface area contributed by atoms with Crippen molar-refractivity contribution in [3.8, 4) is 0 Å². The first-order valence-corrected chi connectivity index (χ1v) is 6.59. The summed E-state index contributed by atoms with van der Waals surface area (Å²) in [4.78, 5) is 10.7. The van der Waals surface area contributed by atoms with E-state index >= 15 is 0 Å². The van der Waals surface area contributed by atoms with Crippen molar-refractivity contribution in [1.82, 2.24) is 5.32 Å². The number of halogens is 2. The highest BCUT2D eigenvalue weighted by atomic mass is 19.2. The largest absolute Gasteiger partial charge is 0.478 e. The van der Waals surface area contributed by atoms with Gasteiger partial charge in [-0.2, -0.15) is 0 Å². The van der Waals surface area contributed by atoms with E-state index in [2.05, 4.69) is 17.6 Å². The molecule has 0 bridgehead atoms. The molecule has 20 heavy (non-hydrogen) atoms. The van der Waals surface area contributed by atoms with Crippen LogP contribution >= 0.6 is 0 Å². The van der Waals surface area contributed by atoms with Crippen LogP contribution < -0.4 is 10.6 Å². The van der Waals surface area contributed by atoms with Crippen LogP contribution in [0.15, 0.2) is 12.1 Å². The van der Waals surface area contributed by atoms with Crippen molar-refractivity contribution in [2.45, 2.75) is 19.8 Å². The van der Waals surface area contributed by atoms with Gasteiger partial charge < -0.3 is 15.7 Å². The minimum Gasteiger partial charge on any atom is -0.478 e. The molecular weight excluding hydrogens is 266 g/mol. The molecule has 0 amide bonds. The Balaban J connectivity index is 2.10. The summed E-state index contributed by atoms with van der Waals surface area (Å²) in [6.07, 6.45) is 1.91. The maximum atomic E-state index is 13.8. The lowest BCUT2D eigenvalue weighted by molar-refractivity contribution is 0.0690. The second-order valence-corrected chi connectivity index (χ2v) is 5.51. The van der Waals surface area contributed by atoms with Crippen LogP contribution in [0.3, 0.4) is 0 Å². The standard InChI is InChI=1S/C14H18F2N2O2/c1-14(4-6-17-7-5-14)8-18-10-3-2-9(13(19)20)11(15)12(10)16/h2-3,17-18H,4-8H2,1H3,(H,19,20). The van der Waals surface area contributed by atoms with E-state index < -0.39 is 23.2 Å². The number of nitrogens with one attached hydrogen (secondary N) is 2. The zero-order chi connectivity index (χ0) is 14.8. The van der Waals surface area contributed by atoms with Crippen LogP contribution in [0.5, 0.6) is 0 Å². The molecule has 4 nitrogen and oxygen atoms in total. The monoisotopic (exact) mass is 284 g/mol. The van der Waals surface area contributed by atoms with Crippen molar-refractivity contribution in [1.29, 1.82) is 0 Å². The van der Waals surface area contributed by atoms with Gasteiger partial charge in [-0.25, -0.2) is 13.6 Å². The van der Waals surface area contributed by atoms with Gasteiger partial charge in [0, 0.05) is 6.54 Å². The van der Waals surface area contributed by atoms with Crippen LogP contribution in [0.4, 0.5) is 14.5 Å². The first-order valence-electron chi connectivity index (χ1n) is 6.59. The van der Waals surface area contributed by atoms with Crippen LogP contribution in [0, 0.1) is 17.0 Å². The summed E-state index contributed by atoms with van der Waals surface area (Å²) in [6.45, 7) is 4.44. The van der Waals surface area contributed by atoms with Gasteiger partial charge in [-0.15, -0.1) is 0 Å². The molecule has 1 heterocycles. The minimum absolute atomic E-state index is 0.00672. The first kappa shape index (κ1) is 14.7. The number of hydrogen-bond donors (Lipinski definition) is 3. The molecule has 0 saturated carbocycles. The molecule has 1 saturated heterocycles. The fraction of sp³-hybridized carbons (Fsp3) is 0.500. The molecule has 0 radical (unpaired) electrons. The second-order valence-electron chi connectivity index (χ2n) is 5.51. The molecule has 1 aromatic carbocycles. The molecule has 3 N–H and O–H groups in total. The Labute approximate surface area is 116 Å². The zero-order valence-electron chi connectivity index (χ0n) is 11.3. The van der Waals surface area contributed by atoms with Crippen LogP contribution in [0.1, 0.15) is 30.1 Å². The number of anilines is 1. The van der Waals surface area contributed by atoms with Crippen molar-refractivity contribution < 1.29 is 18.7 Å². The van der Waals surface area contributed by atoms with E-state index in [-0.39, 0.29) is 11.1 Å². The van der Waals surface area contributed by atoms with Crippen molar-refractivity contribution in [2.75, 3.05) is 25.0 Å². The van der Waals surface area contributed by atoms with E-state index in [0.717, 1.165) is 32.0 Å². The molecule has 110 valence electrons. The van der Waals surface area contributed by atoms with Crippen molar-refractivity contribution in [3.63, 3.8) is 0 Å². The number of hydrogen-bond acceptors (Lipinski definition) is 3. The maximum Gasteiger partial charge on any atom is 0.338 e. The topological polar surface area (TPSA) is 61.4 Å². The highest BCUT2D eigenvalue weighted by Gasteiger charge is 2.27. The van der Waals surface area contributed by atoms with Crippen molar-refractivity contribution >= 4 is 11.7 Å². The number of piperidine rings is 1. The van der Waals surface area contributed by atoms with Gasteiger partial charge in [-0.3, -0.25) is 0 Å². The van der Waals surface area contributed by atoms with E-state index in [9.17, 15) is 13.6 Å². The summed E-state index contributed by atoms with van der Waals surface area (Å²) in [6, 6.07) is 2.35. The Hall–Kier alpha value is -1.69. The van der Waals surface area contributed by atoms with Crippen molar-refractivity contribution in [2.24, 2.45) is 5.41 Å². The molecule has 1 fully saturated rings. The fourth-order valence-corrected chi connectivity index (χ4v) is 2.37. The highest BCUT2D eigenvalue weighted by Crippen LogP contribution is 2.29. The Morgan fingerprint density at radius 2 is 2.00 bits per heavy atom. The third kappa shape index (κ3) is 3.07. The number of benzene rings is 1. The molecule has 1 aliphatic heterocycles. The van der Waals surface area contributed by atoms with Gasteiger partial charge in [0.05, 0.1) is 11.3 Å². The molecule has 0 unspecified atom stereocenters. The number of carboxylic acid groups (broad SMARTS) is 1.